The molecule has 1 heterocycles. The lowest BCUT2D eigenvalue weighted by Gasteiger charge is -2.08. The molecule has 0 atom stereocenters. The fraction of sp³-hybridized carbons (Fsp3) is 0.0769. The van der Waals surface area contributed by atoms with Crippen molar-refractivity contribution < 1.29 is 4.79 Å². The summed E-state index contributed by atoms with van der Waals surface area (Å²) in [5.74, 6) is 0. The van der Waals surface area contributed by atoms with Gasteiger partial charge in [-0.15, -0.1) is 6.58 Å². The SMILES string of the molecule is C=CCNC(=O)Nc1cccc(-n2cccn2)c1. The lowest BCUT2D eigenvalue weighted by Crippen LogP contribution is -2.28. The zero-order valence-corrected chi connectivity index (χ0v) is 9.84. The fourth-order valence-electron chi connectivity index (χ4n) is 1.49. The maximum atomic E-state index is 11.5. The van der Waals surface area contributed by atoms with E-state index in [2.05, 4.69) is 22.3 Å². The number of benzene rings is 1. The molecule has 2 N–H and O–H groups in total. The molecule has 0 aliphatic rings. The zero-order chi connectivity index (χ0) is 12.8. The molecule has 1 aromatic carbocycles. The molecule has 0 aliphatic heterocycles. The molecule has 18 heavy (non-hydrogen) atoms. The Balaban J connectivity index is 2.08. The molecule has 0 saturated carbocycles. The molecule has 0 saturated heterocycles. The molecule has 0 unspecified atom stereocenters. The normalized spacial score (nSPS) is 9.78. The Kier molecular flexibility index (Phi) is 3.76. The summed E-state index contributed by atoms with van der Waals surface area (Å²) in [4.78, 5) is 11.5. The van der Waals surface area contributed by atoms with Crippen molar-refractivity contribution in [3.63, 3.8) is 0 Å². The first kappa shape index (κ1) is 11.9. The number of urea groups is 1. The average molecular weight is 242 g/mol. The minimum absolute atomic E-state index is 0.257. The fourth-order valence-corrected chi connectivity index (χ4v) is 1.49. The molecule has 0 fully saturated rings. The lowest BCUT2D eigenvalue weighted by atomic mass is 10.3. The second-order valence-electron chi connectivity index (χ2n) is 3.62. The Labute approximate surface area is 105 Å². The highest BCUT2D eigenvalue weighted by molar-refractivity contribution is 5.89. The maximum absolute atomic E-state index is 11.5. The minimum Gasteiger partial charge on any atom is -0.334 e. The first-order chi connectivity index (χ1) is 8.79. The maximum Gasteiger partial charge on any atom is 0.319 e. The smallest absolute Gasteiger partial charge is 0.319 e. The molecule has 0 aliphatic carbocycles. The van der Waals surface area contributed by atoms with Crippen molar-refractivity contribution in [3.05, 3.63) is 55.4 Å². The third-order valence-electron chi connectivity index (χ3n) is 2.28. The van der Waals surface area contributed by atoms with Crippen LogP contribution in [0.1, 0.15) is 0 Å². The standard InChI is InChI=1S/C13H14N4O/c1-2-7-14-13(18)16-11-5-3-6-12(10-11)17-9-4-8-15-17/h2-6,8-10H,1,7H2,(H2,14,16,18). The van der Waals surface area contributed by atoms with Crippen LogP contribution >= 0.6 is 0 Å². The van der Waals surface area contributed by atoms with Gasteiger partial charge in [0.15, 0.2) is 0 Å². The highest BCUT2D eigenvalue weighted by atomic mass is 16.2. The van der Waals surface area contributed by atoms with E-state index in [4.69, 9.17) is 0 Å². The molecule has 1 aromatic heterocycles. The van der Waals surface area contributed by atoms with Gasteiger partial charge < -0.3 is 10.6 Å². The van der Waals surface area contributed by atoms with E-state index in [0.717, 1.165) is 5.69 Å². The third-order valence-corrected chi connectivity index (χ3v) is 2.28. The molecule has 5 heteroatoms. The molecule has 2 amide bonds. The number of amides is 2. The molecule has 5 nitrogen and oxygen atoms in total. The number of nitrogens with one attached hydrogen (secondary N) is 2. The Morgan fingerprint density at radius 1 is 1.44 bits per heavy atom. The number of hydrogen-bond donors (Lipinski definition) is 2. The van der Waals surface area contributed by atoms with Crippen molar-refractivity contribution in [1.29, 1.82) is 0 Å². The number of hydrogen-bond acceptors (Lipinski definition) is 2. The van der Waals surface area contributed by atoms with Crippen LogP contribution in [0.25, 0.3) is 5.69 Å². The Bertz CT molecular complexity index is 534. The summed E-state index contributed by atoms with van der Waals surface area (Å²) in [7, 11) is 0. The molecule has 2 aromatic rings. The highest BCUT2D eigenvalue weighted by Crippen LogP contribution is 2.13. The lowest BCUT2D eigenvalue weighted by molar-refractivity contribution is 0.253. The quantitative estimate of drug-likeness (QED) is 0.807. The molecule has 0 radical (unpaired) electrons. The van der Waals surface area contributed by atoms with Gasteiger partial charge >= 0.3 is 6.03 Å². The van der Waals surface area contributed by atoms with Gasteiger partial charge in [-0.05, 0) is 24.3 Å². The van der Waals surface area contributed by atoms with Crippen molar-refractivity contribution in [2.45, 2.75) is 0 Å². The van der Waals surface area contributed by atoms with E-state index in [9.17, 15) is 4.79 Å². The summed E-state index contributed by atoms with van der Waals surface area (Å²) in [5.41, 5.74) is 1.60. The van der Waals surface area contributed by atoms with Crippen molar-refractivity contribution >= 4 is 11.7 Å². The summed E-state index contributed by atoms with van der Waals surface area (Å²) in [6.07, 6.45) is 5.17. The van der Waals surface area contributed by atoms with Crippen LogP contribution in [0.15, 0.2) is 55.4 Å². The van der Waals surface area contributed by atoms with Gasteiger partial charge in [-0.2, -0.15) is 5.10 Å². The van der Waals surface area contributed by atoms with Crippen LogP contribution in [0, 0.1) is 0 Å². The third kappa shape index (κ3) is 2.98. The van der Waals surface area contributed by atoms with Crippen molar-refractivity contribution in [2.75, 3.05) is 11.9 Å². The molecule has 92 valence electrons. The number of carbonyl (C=O) groups excluding carboxylic acids is 1. The molecule has 2 rings (SSSR count). The largest absolute Gasteiger partial charge is 0.334 e. The van der Waals surface area contributed by atoms with Gasteiger partial charge in [0.25, 0.3) is 0 Å². The molecule has 0 spiro atoms. The van der Waals surface area contributed by atoms with Crippen LogP contribution in [-0.2, 0) is 0 Å². The predicted octanol–water partition coefficient (Wildman–Crippen LogP) is 2.18. The van der Waals surface area contributed by atoms with Crippen molar-refractivity contribution in [1.82, 2.24) is 15.1 Å². The summed E-state index contributed by atoms with van der Waals surface area (Å²) in [5, 5.41) is 9.52. The number of rotatable bonds is 4. The van der Waals surface area contributed by atoms with Crippen LogP contribution in [0.2, 0.25) is 0 Å². The number of carbonyl (C=O) groups is 1. The van der Waals surface area contributed by atoms with E-state index in [1.165, 1.54) is 0 Å². The van der Waals surface area contributed by atoms with Crippen molar-refractivity contribution in [2.24, 2.45) is 0 Å². The Morgan fingerprint density at radius 2 is 2.33 bits per heavy atom. The van der Waals surface area contributed by atoms with Crippen LogP contribution in [-0.4, -0.2) is 22.4 Å². The van der Waals surface area contributed by atoms with Crippen LogP contribution in [0.4, 0.5) is 10.5 Å². The van der Waals surface area contributed by atoms with E-state index in [1.807, 2.05) is 36.5 Å². The van der Waals surface area contributed by atoms with E-state index in [-0.39, 0.29) is 6.03 Å². The van der Waals surface area contributed by atoms with Crippen LogP contribution in [0.5, 0.6) is 0 Å². The summed E-state index contributed by atoms with van der Waals surface area (Å²) >= 11 is 0. The molecular weight excluding hydrogens is 228 g/mol. The topological polar surface area (TPSA) is 59.0 Å². The van der Waals surface area contributed by atoms with Gasteiger partial charge in [-0.3, -0.25) is 0 Å². The summed E-state index contributed by atoms with van der Waals surface area (Å²) in [6.45, 7) is 3.97. The number of nitrogens with zero attached hydrogens (tertiary/aromatic N) is 2. The van der Waals surface area contributed by atoms with E-state index in [1.54, 1.807) is 17.0 Å². The van der Waals surface area contributed by atoms with E-state index in [0.29, 0.717) is 12.2 Å². The summed E-state index contributed by atoms with van der Waals surface area (Å²) in [6, 6.07) is 9.03. The van der Waals surface area contributed by atoms with E-state index < -0.39 is 0 Å². The first-order valence-corrected chi connectivity index (χ1v) is 5.55. The summed E-state index contributed by atoms with van der Waals surface area (Å²) < 4.78 is 1.73. The second-order valence-corrected chi connectivity index (χ2v) is 3.62. The van der Waals surface area contributed by atoms with Gasteiger partial charge in [0, 0.05) is 24.6 Å². The van der Waals surface area contributed by atoms with Crippen LogP contribution < -0.4 is 10.6 Å². The highest BCUT2D eigenvalue weighted by Gasteiger charge is 2.02. The Hall–Kier alpha value is -2.56. The van der Waals surface area contributed by atoms with Crippen LogP contribution in [0.3, 0.4) is 0 Å². The molecule has 0 bridgehead atoms. The molecular formula is C13H14N4O. The van der Waals surface area contributed by atoms with Gasteiger partial charge in [0.05, 0.1) is 5.69 Å². The number of aromatic nitrogens is 2. The van der Waals surface area contributed by atoms with Gasteiger partial charge in [0.2, 0.25) is 0 Å². The van der Waals surface area contributed by atoms with Crippen molar-refractivity contribution in [3.8, 4) is 5.69 Å². The van der Waals surface area contributed by atoms with Gasteiger partial charge in [-0.1, -0.05) is 12.1 Å². The predicted molar refractivity (Wildman–Crippen MR) is 70.8 cm³/mol. The van der Waals surface area contributed by atoms with E-state index >= 15 is 0 Å². The zero-order valence-electron chi connectivity index (χ0n) is 9.84. The Morgan fingerprint density at radius 3 is 3.06 bits per heavy atom. The van der Waals surface area contributed by atoms with Gasteiger partial charge in [0.1, 0.15) is 0 Å². The number of anilines is 1. The average Bonchev–Trinajstić information content (AvgIpc) is 2.90. The minimum atomic E-state index is -0.257. The monoisotopic (exact) mass is 242 g/mol. The van der Waals surface area contributed by atoms with Gasteiger partial charge in [-0.25, -0.2) is 9.48 Å². The first-order valence-electron chi connectivity index (χ1n) is 5.55. The second kappa shape index (κ2) is 5.67.